The molecule has 0 spiro atoms. The van der Waals surface area contributed by atoms with Crippen molar-refractivity contribution >= 4 is 17.8 Å². The molecule has 7 nitrogen and oxygen atoms in total. The van der Waals surface area contributed by atoms with Crippen LogP contribution in [0.2, 0.25) is 0 Å². The number of carbonyl (C=O) groups is 2. The van der Waals surface area contributed by atoms with Crippen molar-refractivity contribution in [2.45, 2.75) is 59.3 Å². The molecule has 0 saturated carbocycles. The number of rotatable bonds is 10. The van der Waals surface area contributed by atoms with E-state index in [1.54, 1.807) is 19.0 Å². The molecule has 1 amide bonds. The van der Waals surface area contributed by atoms with Gasteiger partial charge < -0.3 is 19.9 Å². The molecule has 0 bridgehead atoms. The van der Waals surface area contributed by atoms with Crippen LogP contribution in [0.1, 0.15) is 59.3 Å². The van der Waals surface area contributed by atoms with E-state index in [4.69, 9.17) is 4.74 Å². The Labute approximate surface area is 170 Å². The largest absolute Gasteiger partial charge is 0.466 e. The third-order valence-electron chi connectivity index (χ3n) is 5.37. The van der Waals surface area contributed by atoms with Gasteiger partial charge in [0.2, 0.25) is 5.91 Å². The van der Waals surface area contributed by atoms with Gasteiger partial charge in [0, 0.05) is 33.7 Å². The van der Waals surface area contributed by atoms with Crippen LogP contribution in [0, 0.1) is 11.8 Å². The second-order valence-electron chi connectivity index (χ2n) is 7.74. The van der Waals surface area contributed by atoms with Crippen LogP contribution in [0.3, 0.4) is 0 Å². The molecule has 1 atom stereocenters. The van der Waals surface area contributed by atoms with E-state index in [1.165, 1.54) is 19.3 Å². The summed E-state index contributed by atoms with van der Waals surface area (Å²) in [6.45, 7) is 9.20. The number of likely N-dealkylation sites (tertiary alicyclic amines) is 1. The van der Waals surface area contributed by atoms with Crippen molar-refractivity contribution in [1.82, 2.24) is 15.1 Å². The number of likely N-dealkylation sites (N-methyl/N-ethyl adjacent to an activating group) is 1. The highest BCUT2D eigenvalue weighted by atomic mass is 16.5. The maximum absolute atomic E-state index is 12.0. The molecule has 1 N–H and O–H groups in total. The average Bonchev–Trinajstić information content (AvgIpc) is 2.70. The fraction of sp³-hybridized carbons (Fsp3) is 0.857. The van der Waals surface area contributed by atoms with Crippen LogP contribution >= 0.6 is 0 Å². The second kappa shape index (κ2) is 13.4. The summed E-state index contributed by atoms with van der Waals surface area (Å²) in [7, 11) is 3.49. The van der Waals surface area contributed by atoms with Crippen LogP contribution in [0.25, 0.3) is 0 Å². The molecule has 7 heteroatoms. The van der Waals surface area contributed by atoms with Crippen molar-refractivity contribution in [1.29, 1.82) is 0 Å². The minimum absolute atomic E-state index is 0.0151. The van der Waals surface area contributed by atoms with E-state index in [0.717, 1.165) is 44.9 Å². The van der Waals surface area contributed by atoms with Crippen LogP contribution in [-0.2, 0) is 14.3 Å². The summed E-state index contributed by atoms with van der Waals surface area (Å²) < 4.78 is 5.16. The molecule has 1 fully saturated rings. The second-order valence-corrected chi connectivity index (χ2v) is 7.74. The maximum atomic E-state index is 12.0. The van der Waals surface area contributed by atoms with E-state index in [0.29, 0.717) is 12.5 Å². The smallest absolute Gasteiger partial charge is 0.309 e. The van der Waals surface area contributed by atoms with Crippen LogP contribution in [0.15, 0.2) is 4.99 Å². The highest BCUT2D eigenvalue weighted by Crippen LogP contribution is 2.19. The van der Waals surface area contributed by atoms with E-state index in [9.17, 15) is 9.59 Å². The van der Waals surface area contributed by atoms with Gasteiger partial charge in [0.1, 0.15) is 6.54 Å². The van der Waals surface area contributed by atoms with Crippen LogP contribution < -0.4 is 5.32 Å². The van der Waals surface area contributed by atoms with E-state index >= 15 is 0 Å². The lowest BCUT2D eigenvalue weighted by Crippen LogP contribution is -2.48. The zero-order valence-electron chi connectivity index (χ0n) is 18.5. The summed E-state index contributed by atoms with van der Waals surface area (Å²) in [5.74, 6) is 1.24. The number of guanidine groups is 1. The summed E-state index contributed by atoms with van der Waals surface area (Å²) >= 11 is 0. The Bertz CT molecular complexity index is 500. The Balaban J connectivity index is 2.71. The van der Waals surface area contributed by atoms with Crippen LogP contribution in [0.5, 0.6) is 0 Å². The number of unbranched alkanes of at least 4 members (excludes halogenated alkanes) is 1. The van der Waals surface area contributed by atoms with Gasteiger partial charge in [-0.15, -0.1) is 0 Å². The third kappa shape index (κ3) is 8.48. The predicted molar refractivity (Wildman–Crippen MR) is 113 cm³/mol. The summed E-state index contributed by atoms with van der Waals surface area (Å²) in [4.78, 5) is 32.3. The zero-order chi connectivity index (χ0) is 20.9. The number of nitrogens with zero attached hydrogens (tertiary/aromatic N) is 3. The van der Waals surface area contributed by atoms with Crippen LogP contribution in [-0.4, -0.2) is 74.5 Å². The van der Waals surface area contributed by atoms with Crippen LogP contribution in [0.4, 0.5) is 0 Å². The number of esters is 1. The number of piperidine rings is 1. The Morgan fingerprint density at radius 1 is 1.21 bits per heavy atom. The Morgan fingerprint density at radius 2 is 1.89 bits per heavy atom. The highest BCUT2D eigenvalue weighted by molar-refractivity contribution is 5.85. The van der Waals surface area contributed by atoms with Gasteiger partial charge in [0.25, 0.3) is 0 Å². The molecule has 1 rings (SSSR count). The highest BCUT2D eigenvalue weighted by Gasteiger charge is 2.27. The first-order chi connectivity index (χ1) is 13.4. The number of hydrogen-bond acceptors (Lipinski definition) is 4. The monoisotopic (exact) mass is 396 g/mol. The molecule has 0 aromatic heterocycles. The van der Waals surface area contributed by atoms with Crippen molar-refractivity contribution in [3.05, 3.63) is 0 Å². The minimum Gasteiger partial charge on any atom is -0.466 e. The quantitative estimate of drug-likeness (QED) is 0.349. The maximum Gasteiger partial charge on any atom is 0.309 e. The SMILES string of the molecule is CCCCC(CC)CNC(=NCC(=O)N(C)C)N1CCC(C(=O)OCC)CC1. The van der Waals surface area contributed by atoms with Gasteiger partial charge in [-0.3, -0.25) is 9.59 Å². The average molecular weight is 397 g/mol. The topological polar surface area (TPSA) is 74.2 Å². The molecule has 1 unspecified atom stereocenters. The third-order valence-corrected chi connectivity index (χ3v) is 5.37. The first-order valence-corrected chi connectivity index (χ1v) is 10.8. The van der Waals surface area contributed by atoms with E-state index < -0.39 is 0 Å². The van der Waals surface area contributed by atoms with Gasteiger partial charge in [0.15, 0.2) is 5.96 Å². The minimum atomic E-state index is -0.0954. The number of hydrogen-bond donors (Lipinski definition) is 1. The fourth-order valence-electron chi connectivity index (χ4n) is 3.32. The lowest BCUT2D eigenvalue weighted by atomic mass is 9.97. The molecule has 162 valence electrons. The van der Waals surface area contributed by atoms with Gasteiger partial charge in [-0.05, 0) is 32.1 Å². The summed E-state index contributed by atoms with van der Waals surface area (Å²) in [5.41, 5.74) is 0. The Morgan fingerprint density at radius 3 is 2.43 bits per heavy atom. The molecule has 0 radical (unpaired) electrons. The number of nitrogens with one attached hydrogen (secondary N) is 1. The van der Waals surface area contributed by atoms with Crippen molar-refractivity contribution in [2.75, 3.05) is 46.9 Å². The summed E-state index contributed by atoms with van der Waals surface area (Å²) in [6.07, 6.45) is 6.28. The van der Waals surface area contributed by atoms with Crippen molar-refractivity contribution in [2.24, 2.45) is 16.8 Å². The molecule has 0 aromatic rings. The standard InChI is InChI=1S/C21H40N4O3/c1-6-9-10-17(7-2)15-22-21(23-16-19(26)24(4)5)25-13-11-18(12-14-25)20(27)28-8-3/h17-18H,6-16H2,1-5H3,(H,22,23). The van der Waals surface area contributed by atoms with Gasteiger partial charge in [0.05, 0.1) is 12.5 Å². The lowest BCUT2D eigenvalue weighted by molar-refractivity contribution is -0.149. The number of amides is 1. The van der Waals surface area contributed by atoms with Crippen molar-refractivity contribution in [3.63, 3.8) is 0 Å². The lowest BCUT2D eigenvalue weighted by Gasteiger charge is -2.34. The first kappa shape index (κ1) is 24.2. The van der Waals surface area contributed by atoms with E-state index in [2.05, 4.69) is 29.1 Å². The van der Waals surface area contributed by atoms with E-state index in [1.807, 2.05) is 6.92 Å². The Kier molecular flexibility index (Phi) is 11.6. The first-order valence-electron chi connectivity index (χ1n) is 10.8. The van der Waals surface area contributed by atoms with Crippen molar-refractivity contribution < 1.29 is 14.3 Å². The molecular formula is C21H40N4O3. The summed E-state index contributed by atoms with van der Waals surface area (Å²) in [5, 5.41) is 3.50. The molecule has 0 aliphatic carbocycles. The molecule has 1 saturated heterocycles. The Hall–Kier alpha value is -1.79. The van der Waals surface area contributed by atoms with Crippen molar-refractivity contribution in [3.8, 4) is 0 Å². The molecule has 1 heterocycles. The van der Waals surface area contributed by atoms with Gasteiger partial charge in [-0.1, -0.05) is 33.1 Å². The number of aliphatic imine (C=N–C) groups is 1. The molecular weight excluding hydrogens is 356 g/mol. The number of carbonyl (C=O) groups excluding carboxylic acids is 2. The number of ether oxygens (including phenoxy) is 1. The zero-order valence-corrected chi connectivity index (χ0v) is 18.5. The van der Waals surface area contributed by atoms with Gasteiger partial charge in [-0.2, -0.15) is 0 Å². The van der Waals surface area contributed by atoms with E-state index in [-0.39, 0.29) is 24.3 Å². The summed E-state index contributed by atoms with van der Waals surface area (Å²) in [6, 6.07) is 0. The molecule has 1 aliphatic rings. The van der Waals surface area contributed by atoms with Gasteiger partial charge in [-0.25, -0.2) is 4.99 Å². The normalized spacial score (nSPS) is 16.6. The molecule has 28 heavy (non-hydrogen) atoms. The fourth-order valence-corrected chi connectivity index (χ4v) is 3.32. The molecule has 0 aromatic carbocycles. The van der Waals surface area contributed by atoms with Gasteiger partial charge >= 0.3 is 5.97 Å². The molecule has 1 aliphatic heterocycles. The predicted octanol–water partition coefficient (Wildman–Crippen LogP) is 2.51.